The quantitative estimate of drug-likeness (QED) is 0.695. The number of ether oxygens (including phenoxy) is 2. The first-order valence-electron chi connectivity index (χ1n) is 6.80. The maximum atomic E-state index is 11.0. The van der Waals surface area contributed by atoms with Gasteiger partial charge in [-0.3, -0.25) is 0 Å². The van der Waals surface area contributed by atoms with Gasteiger partial charge in [-0.2, -0.15) is 0 Å². The van der Waals surface area contributed by atoms with Gasteiger partial charge in [0.1, 0.15) is 0 Å². The third kappa shape index (κ3) is 5.20. The summed E-state index contributed by atoms with van der Waals surface area (Å²) in [5.41, 5.74) is 0. The fourth-order valence-corrected chi connectivity index (χ4v) is 1.66. The lowest BCUT2D eigenvalue weighted by Gasteiger charge is -2.16. The van der Waals surface area contributed by atoms with E-state index in [0.717, 1.165) is 19.3 Å². The van der Waals surface area contributed by atoms with E-state index in [0.29, 0.717) is 24.5 Å². The van der Waals surface area contributed by atoms with Gasteiger partial charge in [0.05, 0.1) is 6.61 Å². The second-order valence-corrected chi connectivity index (χ2v) is 4.36. The van der Waals surface area contributed by atoms with Crippen LogP contribution in [0, 0.1) is 0 Å². The normalized spacial score (nSPS) is 11.9. The lowest BCUT2D eigenvalue weighted by atomic mass is 10.2. The van der Waals surface area contributed by atoms with E-state index in [1.807, 2.05) is 12.1 Å². The second-order valence-electron chi connectivity index (χ2n) is 4.36. The zero-order valence-corrected chi connectivity index (χ0v) is 11.6. The van der Waals surface area contributed by atoms with Crippen molar-refractivity contribution in [1.82, 2.24) is 0 Å². The highest BCUT2D eigenvalue weighted by atomic mass is 16.5. The summed E-state index contributed by atoms with van der Waals surface area (Å²) < 4.78 is 11.1. The molecule has 0 amide bonds. The van der Waals surface area contributed by atoms with Crippen molar-refractivity contribution in [1.29, 1.82) is 0 Å². The number of aliphatic carboxylic acids is 1. The maximum Gasteiger partial charge on any atom is 0.344 e. The molecular weight excluding hydrogens is 244 g/mol. The molecule has 0 aliphatic heterocycles. The van der Waals surface area contributed by atoms with Crippen molar-refractivity contribution >= 4 is 5.97 Å². The van der Waals surface area contributed by atoms with Gasteiger partial charge in [-0.15, -0.1) is 0 Å². The Morgan fingerprint density at radius 2 is 1.89 bits per heavy atom. The predicted molar refractivity (Wildman–Crippen MR) is 73.8 cm³/mol. The monoisotopic (exact) mass is 266 g/mol. The van der Waals surface area contributed by atoms with Crippen molar-refractivity contribution in [2.45, 2.75) is 45.6 Å². The Hall–Kier alpha value is -1.71. The molecule has 19 heavy (non-hydrogen) atoms. The largest absolute Gasteiger partial charge is 0.490 e. The van der Waals surface area contributed by atoms with Gasteiger partial charge in [-0.05, 0) is 25.0 Å². The first-order valence-corrected chi connectivity index (χ1v) is 6.80. The number of hydrogen-bond acceptors (Lipinski definition) is 3. The molecule has 1 N–H and O–H groups in total. The molecule has 1 atom stereocenters. The molecule has 4 heteroatoms. The Morgan fingerprint density at radius 3 is 2.47 bits per heavy atom. The van der Waals surface area contributed by atoms with Gasteiger partial charge in [0.15, 0.2) is 17.6 Å². The Bertz CT molecular complexity index is 389. The van der Waals surface area contributed by atoms with E-state index >= 15 is 0 Å². The number of unbranched alkanes of at least 4 members (excludes halogenated alkanes) is 2. The van der Waals surface area contributed by atoms with Crippen LogP contribution in [0.2, 0.25) is 0 Å². The van der Waals surface area contributed by atoms with E-state index in [4.69, 9.17) is 14.6 Å². The van der Waals surface area contributed by atoms with Crippen LogP contribution in [0.25, 0.3) is 0 Å². The minimum atomic E-state index is -0.955. The van der Waals surface area contributed by atoms with Crippen LogP contribution in [0.15, 0.2) is 24.3 Å². The SMILES string of the molecule is CCCCCOc1ccccc1OC(CC)C(=O)O. The van der Waals surface area contributed by atoms with Crippen molar-refractivity contribution in [3.05, 3.63) is 24.3 Å². The summed E-state index contributed by atoms with van der Waals surface area (Å²) in [5.74, 6) is 0.148. The average molecular weight is 266 g/mol. The topological polar surface area (TPSA) is 55.8 Å². The first kappa shape index (κ1) is 15.3. The molecule has 0 radical (unpaired) electrons. The van der Waals surface area contributed by atoms with Crippen molar-refractivity contribution < 1.29 is 19.4 Å². The van der Waals surface area contributed by atoms with Crippen LogP contribution < -0.4 is 9.47 Å². The van der Waals surface area contributed by atoms with E-state index in [9.17, 15) is 4.79 Å². The molecule has 4 nitrogen and oxygen atoms in total. The summed E-state index contributed by atoms with van der Waals surface area (Å²) in [6.07, 6.45) is 2.83. The van der Waals surface area contributed by atoms with E-state index in [1.54, 1.807) is 19.1 Å². The minimum Gasteiger partial charge on any atom is -0.490 e. The number of hydrogen-bond donors (Lipinski definition) is 1. The van der Waals surface area contributed by atoms with Crippen LogP contribution in [-0.2, 0) is 4.79 Å². The Balaban J connectivity index is 2.64. The molecule has 0 aromatic heterocycles. The van der Waals surface area contributed by atoms with Crippen LogP contribution >= 0.6 is 0 Å². The molecule has 1 unspecified atom stereocenters. The van der Waals surface area contributed by atoms with Crippen LogP contribution in [-0.4, -0.2) is 23.8 Å². The molecule has 0 saturated heterocycles. The van der Waals surface area contributed by atoms with Gasteiger partial charge in [-0.25, -0.2) is 4.79 Å². The number of rotatable bonds is 9. The molecule has 0 aliphatic carbocycles. The Labute approximate surface area is 114 Å². The van der Waals surface area contributed by atoms with Crippen LogP contribution in [0.3, 0.4) is 0 Å². The van der Waals surface area contributed by atoms with Crippen molar-refractivity contribution in [3.63, 3.8) is 0 Å². The summed E-state index contributed by atoms with van der Waals surface area (Å²) in [6.45, 7) is 4.54. The summed E-state index contributed by atoms with van der Waals surface area (Å²) in [4.78, 5) is 11.0. The van der Waals surface area contributed by atoms with Crippen LogP contribution in [0.4, 0.5) is 0 Å². The molecule has 0 fully saturated rings. The fourth-order valence-electron chi connectivity index (χ4n) is 1.66. The minimum absolute atomic E-state index is 0.416. The standard InChI is InChI=1S/C15H22O4/c1-3-5-8-11-18-13-9-6-7-10-14(13)19-12(4-2)15(16)17/h6-7,9-10,12H,3-5,8,11H2,1-2H3,(H,16,17). The first-order chi connectivity index (χ1) is 9.19. The molecular formula is C15H22O4. The highest BCUT2D eigenvalue weighted by Gasteiger charge is 2.18. The number of carboxylic acid groups (broad SMARTS) is 1. The Kier molecular flexibility index (Phi) is 6.79. The number of carbonyl (C=O) groups is 1. The highest BCUT2D eigenvalue weighted by molar-refractivity contribution is 5.72. The highest BCUT2D eigenvalue weighted by Crippen LogP contribution is 2.28. The second kappa shape index (κ2) is 8.40. The molecule has 106 valence electrons. The van der Waals surface area contributed by atoms with E-state index in [1.165, 1.54) is 0 Å². The molecule has 0 spiro atoms. The van der Waals surface area contributed by atoms with Gasteiger partial charge in [0.25, 0.3) is 0 Å². The third-order valence-electron chi connectivity index (χ3n) is 2.77. The van der Waals surface area contributed by atoms with Crippen molar-refractivity contribution in [2.24, 2.45) is 0 Å². The van der Waals surface area contributed by atoms with Crippen molar-refractivity contribution in [2.75, 3.05) is 6.61 Å². The van der Waals surface area contributed by atoms with Gasteiger partial charge >= 0.3 is 5.97 Å². The number of benzene rings is 1. The number of para-hydroxylation sites is 2. The summed E-state index contributed by atoms with van der Waals surface area (Å²) in [5, 5.41) is 9.01. The average Bonchev–Trinajstić information content (AvgIpc) is 2.42. The lowest BCUT2D eigenvalue weighted by molar-refractivity contribution is -0.145. The summed E-state index contributed by atoms with van der Waals surface area (Å²) in [6, 6.07) is 7.20. The molecule has 0 heterocycles. The third-order valence-corrected chi connectivity index (χ3v) is 2.77. The molecule has 1 rings (SSSR count). The fraction of sp³-hybridized carbons (Fsp3) is 0.533. The molecule has 0 bridgehead atoms. The molecule has 1 aromatic rings. The van der Waals surface area contributed by atoms with Gasteiger partial charge < -0.3 is 14.6 Å². The van der Waals surface area contributed by atoms with Crippen LogP contribution in [0.1, 0.15) is 39.5 Å². The zero-order chi connectivity index (χ0) is 14.1. The van der Waals surface area contributed by atoms with Crippen LogP contribution in [0.5, 0.6) is 11.5 Å². The van der Waals surface area contributed by atoms with Gasteiger partial charge in [-0.1, -0.05) is 38.8 Å². The molecule has 0 saturated carbocycles. The van der Waals surface area contributed by atoms with E-state index < -0.39 is 12.1 Å². The van der Waals surface area contributed by atoms with Crippen molar-refractivity contribution in [3.8, 4) is 11.5 Å². The van der Waals surface area contributed by atoms with E-state index in [-0.39, 0.29) is 0 Å². The predicted octanol–water partition coefficient (Wildman–Crippen LogP) is 3.50. The number of carboxylic acids is 1. The summed E-state index contributed by atoms with van der Waals surface area (Å²) in [7, 11) is 0. The van der Waals surface area contributed by atoms with Gasteiger partial charge in [0.2, 0.25) is 0 Å². The smallest absolute Gasteiger partial charge is 0.344 e. The molecule has 0 aliphatic rings. The van der Waals surface area contributed by atoms with Gasteiger partial charge in [0, 0.05) is 0 Å². The zero-order valence-electron chi connectivity index (χ0n) is 11.6. The lowest BCUT2D eigenvalue weighted by Crippen LogP contribution is -2.26. The summed E-state index contributed by atoms with van der Waals surface area (Å²) >= 11 is 0. The van der Waals surface area contributed by atoms with E-state index in [2.05, 4.69) is 6.92 Å². The Morgan fingerprint density at radius 1 is 1.21 bits per heavy atom. The molecule has 1 aromatic carbocycles. The maximum absolute atomic E-state index is 11.0.